The number of nitrogens with one attached hydrogen (secondary N) is 2. The fourth-order valence-corrected chi connectivity index (χ4v) is 3.36. The van der Waals surface area contributed by atoms with Gasteiger partial charge in [-0.15, -0.1) is 0 Å². The Morgan fingerprint density at radius 3 is 2.12 bits per heavy atom. The van der Waals surface area contributed by atoms with Gasteiger partial charge in [-0.05, 0) is 76.3 Å². The molecule has 2 N–H and O–H groups in total. The van der Waals surface area contributed by atoms with Gasteiger partial charge in [0, 0.05) is 11.1 Å². The Kier molecular flexibility index (Phi) is 8.89. The third-order valence-corrected chi connectivity index (χ3v) is 5.42. The lowest BCUT2D eigenvalue weighted by Gasteiger charge is -2.12. The molecular formula is C26H27BrN2O4. The first-order valence-corrected chi connectivity index (χ1v) is 11.5. The van der Waals surface area contributed by atoms with E-state index in [9.17, 15) is 9.59 Å². The smallest absolute Gasteiger partial charge is 0.269 e. The first kappa shape index (κ1) is 24.3. The molecule has 0 aliphatic heterocycles. The van der Waals surface area contributed by atoms with Crippen LogP contribution in [0.1, 0.15) is 46.5 Å². The van der Waals surface area contributed by atoms with Crippen LogP contribution in [0.2, 0.25) is 0 Å². The van der Waals surface area contributed by atoms with Gasteiger partial charge >= 0.3 is 0 Å². The average Bonchev–Trinajstić information content (AvgIpc) is 2.82. The minimum atomic E-state index is -0.430. The second kappa shape index (κ2) is 12.1. The van der Waals surface area contributed by atoms with Crippen LogP contribution in [0.4, 0.5) is 0 Å². The fourth-order valence-electron chi connectivity index (χ4n) is 2.87. The maximum Gasteiger partial charge on any atom is 0.269 e. The van der Waals surface area contributed by atoms with Gasteiger partial charge in [0.05, 0.1) is 11.1 Å². The van der Waals surface area contributed by atoms with Gasteiger partial charge in [-0.3, -0.25) is 20.4 Å². The molecular weight excluding hydrogens is 484 g/mol. The normalized spacial score (nSPS) is 10.5. The maximum absolute atomic E-state index is 12.4. The molecule has 0 atom stereocenters. The molecule has 2 amide bonds. The molecule has 0 radical (unpaired) electrons. The minimum Gasteiger partial charge on any atom is -0.492 e. The molecule has 0 aliphatic rings. The summed E-state index contributed by atoms with van der Waals surface area (Å²) in [5.41, 5.74) is 6.71. The highest BCUT2D eigenvalue weighted by molar-refractivity contribution is 9.10. The van der Waals surface area contributed by atoms with Gasteiger partial charge in [0.2, 0.25) is 0 Å². The van der Waals surface area contributed by atoms with Gasteiger partial charge in [0.25, 0.3) is 11.8 Å². The highest BCUT2D eigenvalue weighted by Gasteiger charge is 2.12. The standard InChI is InChI=1S/C26H27BrN2O4/c1-18(2)14-15-32-24-13-10-21(16-23(24)27)26(31)29-28-25(30)20-8-11-22(12-9-20)33-17-19-6-4-3-5-7-19/h3-13,16,18H,14-15,17H2,1-2H3,(H,28,30)(H,29,31). The van der Waals surface area contributed by atoms with E-state index in [4.69, 9.17) is 9.47 Å². The molecule has 0 aromatic heterocycles. The van der Waals surface area contributed by atoms with E-state index < -0.39 is 11.8 Å². The van der Waals surface area contributed by atoms with Crippen molar-refractivity contribution in [3.05, 3.63) is 94.0 Å². The van der Waals surface area contributed by atoms with E-state index in [0.717, 1.165) is 12.0 Å². The second-order valence-corrected chi connectivity index (χ2v) is 8.74. The van der Waals surface area contributed by atoms with Crippen molar-refractivity contribution >= 4 is 27.7 Å². The summed E-state index contributed by atoms with van der Waals surface area (Å²) in [4.78, 5) is 24.8. The average molecular weight is 511 g/mol. The number of carbonyl (C=O) groups is 2. The first-order valence-electron chi connectivity index (χ1n) is 10.7. The van der Waals surface area contributed by atoms with Gasteiger partial charge in [0.1, 0.15) is 18.1 Å². The van der Waals surface area contributed by atoms with Crippen molar-refractivity contribution in [1.82, 2.24) is 10.9 Å². The third-order valence-electron chi connectivity index (χ3n) is 4.80. The van der Waals surface area contributed by atoms with Gasteiger partial charge < -0.3 is 9.47 Å². The Bertz CT molecular complexity index is 1070. The van der Waals surface area contributed by atoms with Crippen molar-refractivity contribution in [2.24, 2.45) is 5.92 Å². The van der Waals surface area contributed by atoms with Crippen LogP contribution in [0.25, 0.3) is 0 Å². The van der Waals surface area contributed by atoms with Gasteiger partial charge in [0.15, 0.2) is 0 Å². The van der Waals surface area contributed by atoms with Crippen molar-refractivity contribution in [2.45, 2.75) is 26.9 Å². The summed E-state index contributed by atoms with van der Waals surface area (Å²) in [7, 11) is 0. The zero-order chi connectivity index (χ0) is 23.6. The maximum atomic E-state index is 12.4. The van der Waals surface area contributed by atoms with Crippen molar-refractivity contribution in [2.75, 3.05) is 6.61 Å². The van der Waals surface area contributed by atoms with E-state index >= 15 is 0 Å². The van der Waals surface area contributed by atoms with E-state index in [1.807, 2.05) is 30.3 Å². The minimum absolute atomic E-state index is 0.392. The van der Waals surface area contributed by atoms with E-state index in [-0.39, 0.29) is 0 Å². The number of hydrazine groups is 1. The molecule has 33 heavy (non-hydrogen) atoms. The number of halogens is 1. The van der Waals surface area contributed by atoms with Crippen LogP contribution < -0.4 is 20.3 Å². The number of hydrogen-bond acceptors (Lipinski definition) is 4. The van der Waals surface area contributed by atoms with Crippen molar-refractivity contribution in [3.8, 4) is 11.5 Å². The zero-order valence-electron chi connectivity index (χ0n) is 18.6. The predicted octanol–water partition coefficient (Wildman–Crippen LogP) is 5.53. The molecule has 7 heteroatoms. The van der Waals surface area contributed by atoms with Crippen LogP contribution in [0.5, 0.6) is 11.5 Å². The monoisotopic (exact) mass is 510 g/mol. The summed E-state index contributed by atoms with van der Waals surface area (Å²) >= 11 is 3.43. The number of hydrogen-bond donors (Lipinski definition) is 2. The van der Waals surface area contributed by atoms with Crippen LogP contribution >= 0.6 is 15.9 Å². The summed E-state index contributed by atoms with van der Waals surface area (Å²) in [6, 6.07) is 21.6. The van der Waals surface area contributed by atoms with Gasteiger partial charge in [-0.2, -0.15) is 0 Å². The van der Waals surface area contributed by atoms with Crippen LogP contribution in [-0.4, -0.2) is 18.4 Å². The molecule has 3 rings (SSSR count). The Morgan fingerprint density at radius 1 is 0.848 bits per heavy atom. The highest BCUT2D eigenvalue weighted by Crippen LogP contribution is 2.26. The lowest BCUT2D eigenvalue weighted by atomic mass is 10.1. The summed E-state index contributed by atoms with van der Waals surface area (Å²) in [5, 5.41) is 0. The molecule has 0 spiro atoms. The summed E-state index contributed by atoms with van der Waals surface area (Å²) < 4.78 is 12.1. The topological polar surface area (TPSA) is 76.7 Å². The summed E-state index contributed by atoms with van der Waals surface area (Å²) in [6.45, 7) is 5.32. The summed E-state index contributed by atoms with van der Waals surface area (Å²) in [5.74, 6) is 1.02. The lowest BCUT2D eigenvalue weighted by Crippen LogP contribution is -2.41. The molecule has 0 bridgehead atoms. The molecule has 0 aliphatic carbocycles. The number of carbonyl (C=O) groups excluding carboxylic acids is 2. The number of rotatable bonds is 9. The fraction of sp³-hybridized carbons (Fsp3) is 0.231. The van der Waals surface area contributed by atoms with E-state index in [2.05, 4.69) is 40.6 Å². The molecule has 172 valence electrons. The Balaban J connectivity index is 1.48. The van der Waals surface area contributed by atoms with Gasteiger partial charge in [-0.25, -0.2) is 0 Å². The first-order chi connectivity index (χ1) is 15.9. The molecule has 0 fully saturated rings. The van der Waals surface area contributed by atoms with E-state index in [1.54, 1.807) is 42.5 Å². The van der Waals surface area contributed by atoms with Crippen LogP contribution in [0.3, 0.4) is 0 Å². The van der Waals surface area contributed by atoms with Crippen LogP contribution in [0, 0.1) is 5.92 Å². The highest BCUT2D eigenvalue weighted by atomic mass is 79.9. The SMILES string of the molecule is CC(C)CCOc1ccc(C(=O)NNC(=O)c2ccc(OCc3ccccc3)cc2)cc1Br. The largest absolute Gasteiger partial charge is 0.492 e. The molecule has 6 nitrogen and oxygen atoms in total. The van der Waals surface area contributed by atoms with Crippen molar-refractivity contribution in [3.63, 3.8) is 0 Å². The van der Waals surface area contributed by atoms with Crippen molar-refractivity contribution < 1.29 is 19.1 Å². The van der Waals surface area contributed by atoms with Crippen molar-refractivity contribution in [1.29, 1.82) is 0 Å². The second-order valence-electron chi connectivity index (χ2n) is 7.88. The molecule has 0 unspecified atom stereocenters. The zero-order valence-corrected chi connectivity index (χ0v) is 20.2. The number of ether oxygens (including phenoxy) is 2. The molecule has 3 aromatic rings. The van der Waals surface area contributed by atoms with E-state index in [1.165, 1.54) is 0 Å². The van der Waals surface area contributed by atoms with Crippen LogP contribution in [0.15, 0.2) is 77.3 Å². The van der Waals surface area contributed by atoms with E-state index in [0.29, 0.717) is 46.2 Å². The number of benzene rings is 3. The molecule has 0 heterocycles. The Morgan fingerprint density at radius 2 is 1.48 bits per heavy atom. The molecule has 0 saturated carbocycles. The Labute approximate surface area is 202 Å². The Hall–Kier alpha value is -3.32. The molecule has 3 aromatic carbocycles. The van der Waals surface area contributed by atoms with Gasteiger partial charge in [-0.1, -0.05) is 44.2 Å². The molecule has 0 saturated heterocycles. The lowest BCUT2D eigenvalue weighted by molar-refractivity contribution is 0.0846. The third kappa shape index (κ3) is 7.64. The predicted molar refractivity (Wildman–Crippen MR) is 131 cm³/mol. The summed E-state index contributed by atoms with van der Waals surface area (Å²) in [6.07, 6.45) is 0.945. The quantitative estimate of drug-likeness (QED) is 0.371. The van der Waals surface area contributed by atoms with Crippen LogP contribution in [-0.2, 0) is 6.61 Å². The number of amides is 2.